The van der Waals surface area contributed by atoms with Crippen molar-refractivity contribution in [2.45, 2.75) is 33.0 Å². The topological polar surface area (TPSA) is 85.6 Å². The number of hydrogen-bond donors (Lipinski definition) is 4. The molecule has 4 N–H and O–H groups in total. The molecule has 0 amide bonds. The Bertz CT molecular complexity index is 355. The number of hydrogen-bond acceptors (Lipinski definition) is 5. The summed E-state index contributed by atoms with van der Waals surface area (Å²) in [6, 6.07) is -0.0561. The highest BCUT2D eigenvalue weighted by molar-refractivity contribution is 5.40. The van der Waals surface area contributed by atoms with Crippen molar-refractivity contribution in [2.75, 3.05) is 6.61 Å². The van der Waals surface area contributed by atoms with Crippen LogP contribution in [-0.4, -0.2) is 33.0 Å². The first-order chi connectivity index (χ1) is 7.60. The Morgan fingerprint density at radius 1 is 1.44 bits per heavy atom. The van der Waals surface area contributed by atoms with Crippen molar-refractivity contribution in [3.63, 3.8) is 0 Å². The van der Waals surface area contributed by atoms with Crippen molar-refractivity contribution in [2.24, 2.45) is 0 Å². The van der Waals surface area contributed by atoms with Crippen LogP contribution in [-0.2, 0) is 13.2 Å². The monoisotopic (exact) mass is 226 g/mol. The molecule has 0 aliphatic carbocycles. The molecule has 0 aliphatic rings. The molecule has 0 bridgehead atoms. The van der Waals surface area contributed by atoms with E-state index in [1.165, 1.54) is 0 Å². The molecule has 5 heteroatoms. The Morgan fingerprint density at radius 2 is 2.12 bits per heavy atom. The summed E-state index contributed by atoms with van der Waals surface area (Å²) in [7, 11) is 0. The predicted molar refractivity (Wildman–Crippen MR) is 59.9 cm³/mol. The van der Waals surface area contributed by atoms with Gasteiger partial charge >= 0.3 is 0 Å². The van der Waals surface area contributed by atoms with Gasteiger partial charge in [-0.2, -0.15) is 0 Å². The third kappa shape index (κ3) is 2.91. The van der Waals surface area contributed by atoms with Gasteiger partial charge in [-0.3, -0.25) is 4.98 Å². The Balaban J connectivity index is 2.88. The van der Waals surface area contributed by atoms with E-state index in [0.29, 0.717) is 23.4 Å². The largest absolute Gasteiger partial charge is 0.506 e. The van der Waals surface area contributed by atoms with Gasteiger partial charge in [-0.05, 0) is 13.8 Å². The van der Waals surface area contributed by atoms with E-state index in [2.05, 4.69) is 10.3 Å². The van der Waals surface area contributed by atoms with Crippen LogP contribution in [0, 0.1) is 6.92 Å². The molecule has 0 aliphatic heterocycles. The lowest BCUT2D eigenvalue weighted by Crippen LogP contribution is -2.29. The molecular formula is C11H18N2O3. The zero-order chi connectivity index (χ0) is 12.1. The van der Waals surface area contributed by atoms with Crippen LogP contribution in [0.4, 0.5) is 0 Å². The number of pyridine rings is 1. The lowest BCUT2D eigenvalue weighted by atomic mass is 10.1. The number of aryl methyl sites for hydroxylation is 1. The zero-order valence-corrected chi connectivity index (χ0v) is 9.56. The molecule has 0 aromatic carbocycles. The minimum absolute atomic E-state index is 0.0271. The van der Waals surface area contributed by atoms with E-state index in [1.54, 1.807) is 13.1 Å². The van der Waals surface area contributed by atoms with Gasteiger partial charge in [0, 0.05) is 29.9 Å². The summed E-state index contributed by atoms with van der Waals surface area (Å²) in [6.45, 7) is 3.80. The maximum atomic E-state index is 9.82. The Kier molecular flexibility index (Phi) is 4.67. The van der Waals surface area contributed by atoms with Crippen LogP contribution < -0.4 is 5.32 Å². The molecule has 1 aromatic rings. The van der Waals surface area contributed by atoms with E-state index in [1.807, 2.05) is 6.92 Å². The molecule has 0 spiro atoms. The van der Waals surface area contributed by atoms with Gasteiger partial charge in [-0.15, -0.1) is 0 Å². The molecule has 90 valence electrons. The number of aromatic nitrogens is 1. The van der Waals surface area contributed by atoms with Crippen molar-refractivity contribution in [3.8, 4) is 5.75 Å². The van der Waals surface area contributed by atoms with Gasteiger partial charge in [0.05, 0.1) is 18.9 Å². The van der Waals surface area contributed by atoms with Gasteiger partial charge in [0.15, 0.2) is 0 Å². The number of aliphatic hydroxyl groups is 2. The van der Waals surface area contributed by atoms with E-state index in [4.69, 9.17) is 10.2 Å². The van der Waals surface area contributed by atoms with Gasteiger partial charge in [-0.25, -0.2) is 0 Å². The third-order valence-corrected chi connectivity index (χ3v) is 2.50. The normalized spacial score (nSPS) is 12.8. The second kappa shape index (κ2) is 5.79. The molecule has 5 nitrogen and oxygen atoms in total. The van der Waals surface area contributed by atoms with Crippen LogP contribution in [0.15, 0.2) is 6.20 Å². The van der Waals surface area contributed by atoms with Gasteiger partial charge in [-0.1, -0.05) is 0 Å². The fourth-order valence-electron chi connectivity index (χ4n) is 1.36. The molecule has 0 saturated heterocycles. The first-order valence-corrected chi connectivity index (χ1v) is 5.21. The lowest BCUT2D eigenvalue weighted by molar-refractivity contribution is 0.249. The van der Waals surface area contributed by atoms with Crippen molar-refractivity contribution in [1.29, 1.82) is 0 Å². The predicted octanol–water partition coefficient (Wildman–Crippen LogP) is 0.0583. The molecule has 0 saturated carbocycles. The molecule has 1 aromatic heterocycles. The SMILES string of the molecule is Cc1ncc(CO)c(CNC(C)CO)c1O. The van der Waals surface area contributed by atoms with Crippen LogP contribution in [0.5, 0.6) is 5.75 Å². The van der Waals surface area contributed by atoms with E-state index >= 15 is 0 Å². The zero-order valence-electron chi connectivity index (χ0n) is 9.56. The van der Waals surface area contributed by atoms with E-state index in [-0.39, 0.29) is 25.0 Å². The smallest absolute Gasteiger partial charge is 0.141 e. The van der Waals surface area contributed by atoms with E-state index in [0.717, 1.165) is 0 Å². The molecule has 1 rings (SSSR count). The van der Waals surface area contributed by atoms with Crippen LogP contribution in [0.25, 0.3) is 0 Å². The van der Waals surface area contributed by atoms with Crippen molar-refractivity contribution in [1.82, 2.24) is 10.3 Å². The molecule has 16 heavy (non-hydrogen) atoms. The maximum Gasteiger partial charge on any atom is 0.141 e. The van der Waals surface area contributed by atoms with Crippen LogP contribution in [0.3, 0.4) is 0 Å². The van der Waals surface area contributed by atoms with Crippen LogP contribution >= 0.6 is 0 Å². The minimum atomic E-state index is -0.161. The van der Waals surface area contributed by atoms with Crippen LogP contribution in [0.1, 0.15) is 23.7 Å². The van der Waals surface area contributed by atoms with Crippen molar-refractivity contribution >= 4 is 0 Å². The summed E-state index contributed by atoms with van der Waals surface area (Å²) in [6.07, 6.45) is 1.55. The Morgan fingerprint density at radius 3 is 2.69 bits per heavy atom. The second-order valence-electron chi connectivity index (χ2n) is 3.82. The number of nitrogens with zero attached hydrogens (tertiary/aromatic N) is 1. The van der Waals surface area contributed by atoms with Gasteiger partial charge in [0.2, 0.25) is 0 Å². The molecule has 1 heterocycles. The van der Waals surface area contributed by atoms with E-state index in [9.17, 15) is 5.11 Å². The van der Waals surface area contributed by atoms with Crippen molar-refractivity contribution < 1.29 is 15.3 Å². The average molecular weight is 226 g/mol. The van der Waals surface area contributed by atoms with Crippen molar-refractivity contribution in [3.05, 3.63) is 23.0 Å². The number of nitrogens with one attached hydrogen (secondary N) is 1. The summed E-state index contributed by atoms with van der Waals surface area (Å²) in [5, 5.41) is 30.9. The second-order valence-corrected chi connectivity index (χ2v) is 3.82. The number of aromatic hydroxyl groups is 1. The molecule has 0 fully saturated rings. The highest BCUT2D eigenvalue weighted by atomic mass is 16.3. The quantitative estimate of drug-likeness (QED) is 0.570. The fraction of sp³-hybridized carbons (Fsp3) is 0.545. The molecule has 1 atom stereocenters. The fourth-order valence-corrected chi connectivity index (χ4v) is 1.36. The Hall–Kier alpha value is -1.17. The molecule has 1 unspecified atom stereocenters. The molecular weight excluding hydrogens is 208 g/mol. The summed E-state index contributed by atoms with van der Waals surface area (Å²) in [4.78, 5) is 3.97. The first-order valence-electron chi connectivity index (χ1n) is 5.21. The maximum absolute atomic E-state index is 9.82. The highest BCUT2D eigenvalue weighted by Crippen LogP contribution is 2.23. The standard InChI is InChI=1S/C11H18N2O3/c1-7(5-14)12-4-10-9(6-15)3-13-8(2)11(10)16/h3,7,12,14-16H,4-6H2,1-2H3. The first kappa shape index (κ1) is 12.9. The number of rotatable bonds is 5. The summed E-state index contributed by atoms with van der Waals surface area (Å²) >= 11 is 0. The summed E-state index contributed by atoms with van der Waals surface area (Å²) in [5.41, 5.74) is 1.77. The highest BCUT2D eigenvalue weighted by Gasteiger charge is 2.11. The van der Waals surface area contributed by atoms with Gasteiger partial charge in [0.25, 0.3) is 0 Å². The van der Waals surface area contributed by atoms with Crippen LogP contribution in [0.2, 0.25) is 0 Å². The summed E-state index contributed by atoms with van der Waals surface area (Å²) in [5.74, 6) is 0.101. The summed E-state index contributed by atoms with van der Waals surface area (Å²) < 4.78 is 0. The lowest BCUT2D eigenvalue weighted by Gasteiger charge is -2.15. The number of aliphatic hydroxyl groups excluding tert-OH is 2. The minimum Gasteiger partial charge on any atom is -0.506 e. The van der Waals surface area contributed by atoms with E-state index < -0.39 is 0 Å². The third-order valence-electron chi connectivity index (χ3n) is 2.50. The van der Waals surface area contributed by atoms with Gasteiger partial charge < -0.3 is 20.6 Å². The Labute approximate surface area is 94.8 Å². The van der Waals surface area contributed by atoms with Gasteiger partial charge in [0.1, 0.15) is 5.75 Å². The molecule has 0 radical (unpaired) electrons. The average Bonchev–Trinajstić information content (AvgIpc) is 2.30.